The maximum atomic E-state index is 12.6. The number of para-hydroxylation sites is 1. The summed E-state index contributed by atoms with van der Waals surface area (Å²) in [5.74, 6) is -0.0339. The van der Waals surface area contributed by atoms with Gasteiger partial charge < -0.3 is 15.0 Å². The van der Waals surface area contributed by atoms with Gasteiger partial charge in [0, 0.05) is 37.7 Å². The van der Waals surface area contributed by atoms with Gasteiger partial charge in [-0.2, -0.15) is 4.31 Å². The summed E-state index contributed by atoms with van der Waals surface area (Å²) < 4.78 is 31.9. The van der Waals surface area contributed by atoms with Gasteiger partial charge in [-0.15, -0.1) is 0 Å². The fourth-order valence-electron chi connectivity index (χ4n) is 3.09. The standard InChI is InChI=1S/C20H23Cl2N3O4S/c21-16-5-7-17(8-6-16)29-15-20(26)23-9-14-30(27,28)25-12-10-24(11-13-25)19-4-2-1-3-18(19)22/h1-8H,9-15H2,(H,23,26). The number of nitrogens with zero attached hydrogens (tertiary/aromatic N) is 2. The van der Waals surface area contributed by atoms with Crippen LogP contribution >= 0.6 is 23.2 Å². The molecule has 0 atom stereocenters. The average Bonchev–Trinajstić information content (AvgIpc) is 2.74. The number of rotatable bonds is 8. The minimum Gasteiger partial charge on any atom is -0.484 e. The zero-order chi connectivity index (χ0) is 21.6. The topological polar surface area (TPSA) is 78.9 Å². The Morgan fingerprint density at radius 3 is 2.33 bits per heavy atom. The number of hydrogen-bond donors (Lipinski definition) is 1. The van der Waals surface area contributed by atoms with E-state index in [-0.39, 0.29) is 24.8 Å². The molecule has 3 rings (SSSR count). The summed E-state index contributed by atoms with van der Waals surface area (Å²) in [5.41, 5.74) is 0.907. The summed E-state index contributed by atoms with van der Waals surface area (Å²) >= 11 is 12.0. The lowest BCUT2D eigenvalue weighted by Crippen LogP contribution is -2.50. The Morgan fingerprint density at radius 1 is 1.00 bits per heavy atom. The molecule has 1 fully saturated rings. The minimum atomic E-state index is -3.46. The molecule has 0 aliphatic carbocycles. The average molecular weight is 472 g/mol. The third kappa shape index (κ3) is 6.25. The first-order chi connectivity index (χ1) is 14.3. The van der Waals surface area contributed by atoms with Gasteiger partial charge in [-0.05, 0) is 36.4 Å². The Morgan fingerprint density at radius 2 is 1.67 bits per heavy atom. The van der Waals surface area contributed by atoms with Gasteiger partial charge in [0.05, 0.1) is 16.5 Å². The molecule has 0 unspecified atom stereocenters. The van der Waals surface area contributed by atoms with Crippen LogP contribution in [0, 0.1) is 0 Å². The molecular weight excluding hydrogens is 449 g/mol. The van der Waals surface area contributed by atoms with Crippen molar-refractivity contribution in [3.05, 3.63) is 58.6 Å². The highest BCUT2D eigenvalue weighted by molar-refractivity contribution is 7.89. The van der Waals surface area contributed by atoms with E-state index < -0.39 is 10.0 Å². The lowest BCUT2D eigenvalue weighted by atomic mass is 10.2. The van der Waals surface area contributed by atoms with Gasteiger partial charge in [-0.1, -0.05) is 35.3 Å². The second kappa shape index (κ2) is 10.3. The lowest BCUT2D eigenvalue weighted by molar-refractivity contribution is -0.122. The molecule has 1 aliphatic heterocycles. The highest BCUT2D eigenvalue weighted by Crippen LogP contribution is 2.26. The molecule has 10 heteroatoms. The van der Waals surface area contributed by atoms with Crippen molar-refractivity contribution in [3.63, 3.8) is 0 Å². The number of carbonyl (C=O) groups is 1. The molecule has 2 aromatic carbocycles. The molecule has 1 amide bonds. The van der Waals surface area contributed by atoms with Crippen LogP contribution in [-0.4, -0.2) is 63.7 Å². The van der Waals surface area contributed by atoms with Crippen LogP contribution in [0.3, 0.4) is 0 Å². The maximum absolute atomic E-state index is 12.6. The van der Waals surface area contributed by atoms with Crippen molar-refractivity contribution in [2.45, 2.75) is 0 Å². The zero-order valence-electron chi connectivity index (χ0n) is 16.3. The normalized spacial score (nSPS) is 15.1. The molecule has 162 valence electrons. The number of nitrogens with one attached hydrogen (secondary N) is 1. The number of halogens is 2. The number of sulfonamides is 1. The summed E-state index contributed by atoms with van der Waals surface area (Å²) in [6.07, 6.45) is 0. The van der Waals surface area contributed by atoms with E-state index in [0.717, 1.165) is 5.69 Å². The molecule has 1 heterocycles. The van der Waals surface area contributed by atoms with Gasteiger partial charge in [-0.25, -0.2) is 8.42 Å². The predicted molar refractivity (Wildman–Crippen MR) is 119 cm³/mol. The molecule has 1 aliphatic rings. The van der Waals surface area contributed by atoms with Crippen LogP contribution in [0.25, 0.3) is 0 Å². The Labute approximate surface area is 186 Å². The fraction of sp³-hybridized carbons (Fsp3) is 0.350. The van der Waals surface area contributed by atoms with E-state index in [1.165, 1.54) is 4.31 Å². The molecule has 2 aromatic rings. The molecule has 0 radical (unpaired) electrons. The maximum Gasteiger partial charge on any atom is 0.257 e. The molecule has 1 N–H and O–H groups in total. The van der Waals surface area contributed by atoms with E-state index in [0.29, 0.717) is 42.0 Å². The van der Waals surface area contributed by atoms with Gasteiger partial charge in [0.25, 0.3) is 5.91 Å². The second-order valence-corrected chi connectivity index (χ2v) is 9.68. The Bertz CT molecular complexity index is 962. The highest BCUT2D eigenvalue weighted by atomic mass is 35.5. The van der Waals surface area contributed by atoms with Gasteiger partial charge in [-0.3, -0.25) is 4.79 Å². The van der Waals surface area contributed by atoms with Crippen molar-refractivity contribution >= 4 is 44.8 Å². The lowest BCUT2D eigenvalue weighted by Gasteiger charge is -2.35. The van der Waals surface area contributed by atoms with E-state index in [1.54, 1.807) is 24.3 Å². The third-order valence-corrected chi connectivity index (χ3v) is 7.13. The number of ether oxygens (including phenoxy) is 1. The van der Waals surface area contributed by atoms with Crippen molar-refractivity contribution in [3.8, 4) is 5.75 Å². The zero-order valence-corrected chi connectivity index (χ0v) is 18.6. The monoisotopic (exact) mass is 471 g/mol. The van der Waals surface area contributed by atoms with E-state index in [2.05, 4.69) is 10.2 Å². The SMILES string of the molecule is O=C(COc1ccc(Cl)cc1)NCCS(=O)(=O)N1CCN(c2ccccc2Cl)CC1. The predicted octanol–water partition coefficient (Wildman–Crippen LogP) is 2.64. The van der Waals surface area contributed by atoms with Crippen molar-refractivity contribution < 1.29 is 17.9 Å². The molecule has 1 saturated heterocycles. The first kappa shape index (κ1) is 22.7. The number of piperazine rings is 1. The first-order valence-electron chi connectivity index (χ1n) is 9.47. The van der Waals surface area contributed by atoms with Crippen LogP contribution in [0.15, 0.2) is 48.5 Å². The number of benzene rings is 2. The van der Waals surface area contributed by atoms with Crippen molar-refractivity contribution in [2.75, 3.05) is 50.0 Å². The number of carbonyl (C=O) groups excluding carboxylic acids is 1. The number of hydrogen-bond acceptors (Lipinski definition) is 5. The van der Waals surface area contributed by atoms with Crippen LogP contribution in [0.4, 0.5) is 5.69 Å². The Kier molecular flexibility index (Phi) is 7.82. The summed E-state index contributed by atoms with van der Waals surface area (Å²) in [5, 5.41) is 3.80. The molecular formula is C20H23Cl2N3O4S. The first-order valence-corrected chi connectivity index (χ1v) is 11.8. The molecule has 0 bridgehead atoms. The molecule has 30 heavy (non-hydrogen) atoms. The summed E-state index contributed by atoms with van der Waals surface area (Å²) in [7, 11) is -3.46. The third-order valence-electron chi connectivity index (χ3n) is 4.69. The van der Waals surface area contributed by atoms with E-state index in [4.69, 9.17) is 27.9 Å². The number of anilines is 1. The smallest absolute Gasteiger partial charge is 0.257 e. The van der Waals surface area contributed by atoms with E-state index >= 15 is 0 Å². The van der Waals surface area contributed by atoms with Crippen LogP contribution in [0.5, 0.6) is 5.75 Å². The summed E-state index contributed by atoms with van der Waals surface area (Å²) in [4.78, 5) is 14.0. The second-order valence-electron chi connectivity index (χ2n) is 6.75. The quantitative estimate of drug-likeness (QED) is 0.639. The molecule has 7 nitrogen and oxygen atoms in total. The fourth-order valence-corrected chi connectivity index (χ4v) is 4.81. The van der Waals surface area contributed by atoms with E-state index in [9.17, 15) is 13.2 Å². The minimum absolute atomic E-state index is 0.0237. The van der Waals surface area contributed by atoms with Gasteiger partial charge in [0.2, 0.25) is 10.0 Å². The number of amides is 1. The van der Waals surface area contributed by atoms with Gasteiger partial charge in [0.15, 0.2) is 6.61 Å². The van der Waals surface area contributed by atoms with E-state index in [1.807, 2.05) is 24.3 Å². The molecule has 0 aromatic heterocycles. The van der Waals surface area contributed by atoms with Crippen molar-refractivity contribution in [2.24, 2.45) is 0 Å². The molecule has 0 spiro atoms. The van der Waals surface area contributed by atoms with Crippen LogP contribution in [0.2, 0.25) is 10.0 Å². The van der Waals surface area contributed by atoms with Crippen molar-refractivity contribution in [1.29, 1.82) is 0 Å². The Balaban J connectivity index is 1.40. The summed E-state index contributed by atoms with van der Waals surface area (Å²) in [6.45, 7) is 1.70. The van der Waals surface area contributed by atoms with Crippen LogP contribution in [0.1, 0.15) is 0 Å². The van der Waals surface area contributed by atoms with Crippen molar-refractivity contribution in [1.82, 2.24) is 9.62 Å². The van der Waals surface area contributed by atoms with Gasteiger partial charge >= 0.3 is 0 Å². The van der Waals surface area contributed by atoms with Gasteiger partial charge in [0.1, 0.15) is 5.75 Å². The molecule has 0 saturated carbocycles. The van der Waals surface area contributed by atoms with Crippen LogP contribution < -0.4 is 15.0 Å². The van der Waals surface area contributed by atoms with Crippen LogP contribution in [-0.2, 0) is 14.8 Å². The summed E-state index contributed by atoms with van der Waals surface area (Å²) in [6, 6.07) is 14.1. The Hall–Kier alpha value is -2.00. The highest BCUT2D eigenvalue weighted by Gasteiger charge is 2.27. The largest absolute Gasteiger partial charge is 0.484 e.